The molecule has 0 heterocycles. The molecule has 0 amide bonds. The highest BCUT2D eigenvalue weighted by atomic mass is 15.3. The lowest BCUT2D eigenvalue weighted by atomic mass is 10.1. The highest BCUT2D eigenvalue weighted by molar-refractivity contribution is 5.85. The summed E-state index contributed by atoms with van der Waals surface area (Å²) in [4.78, 5) is 0. The summed E-state index contributed by atoms with van der Waals surface area (Å²) in [6, 6.07) is 15.1. The molecule has 0 atom stereocenters. The van der Waals surface area contributed by atoms with E-state index in [-0.39, 0.29) is 0 Å². The number of hydrogen-bond donors (Lipinski definition) is 0. The van der Waals surface area contributed by atoms with Crippen LogP contribution in [0.25, 0.3) is 10.8 Å². The van der Waals surface area contributed by atoms with Gasteiger partial charge in [-0.2, -0.15) is 0 Å². The molecule has 0 unspecified atom stereocenters. The SMILES string of the molecule is C[N+](C)(C)c1ccc2ccccc2c1. The lowest BCUT2D eigenvalue weighted by Crippen LogP contribution is -2.34. The zero-order valence-electron chi connectivity index (χ0n) is 8.99. The Labute approximate surface area is 85.2 Å². The lowest BCUT2D eigenvalue weighted by molar-refractivity contribution is 0.487. The minimum absolute atomic E-state index is 0.866. The average molecular weight is 186 g/mol. The molecule has 2 aromatic rings. The van der Waals surface area contributed by atoms with Crippen LogP contribution in [0.2, 0.25) is 0 Å². The van der Waals surface area contributed by atoms with Gasteiger partial charge in [0.2, 0.25) is 0 Å². The second-order valence-electron chi connectivity index (χ2n) is 4.54. The molecule has 0 spiro atoms. The zero-order valence-corrected chi connectivity index (χ0v) is 8.99. The quantitative estimate of drug-likeness (QED) is 0.600. The third kappa shape index (κ3) is 1.64. The Morgan fingerprint density at radius 3 is 2.07 bits per heavy atom. The molecule has 0 saturated carbocycles. The van der Waals surface area contributed by atoms with Gasteiger partial charge in [-0.05, 0) is 22.9 Å². The molecule has 0 bridgehead atoms. The molecule has 0 aliphatic rings. The predicted molar refractivity (Wildman–Crippen MR) is 63.5 cm³/mol. The van der Waals surface area contributed by atoms with Crippen molar-refractivity contribution in [1.82, 2.24) is 4.48 Å². The average Bonchev–Trinajstić information content (AvgIpc) is 2.16. The van der Waals surface area contributed by atoms with E-state index in [0.29, 0.717) is 0 Å². The molecule has 1 nitrogen and oxygen atoms in total. The predicted octanol–water partition coefficient (Wildman–Crippen LogP) is 3.04. The topological polar surface area (TPSA) is 0 Å². The third-order valence-corrected chi connectivity index (χ3v) is 2.51. The Bertz CT molecular complexity index is 452. The highest BCUT2D eigenvalue weighted by Gasteiger charge is 2.11. The molecule has 72 valence electrons. The summed E-state index contributed by atoms with van der Waals surface area (Å²) in [5.74, 6) is 0. The van der Waals surface area contributed by atoms with Gasteiger partial charge in [0.25, 0.3) is 0 Å². The van der Waals surface area contributed by atoms with E-state index in [2.05, 4.69) is 63.6 Å². The summed E-state index contributed by atoms with van der Waals surface area (Å²) in [6.07, 6.45) is 0. The Balaban J connectivity index is 2.63. The molecule has 0 N–H and O–H groups in total. The Kier molecular flexibility index (Phi) is 2.05. The van der Waals surface area contributed by atoms with Gasteiger partial charge in [-0.15, -0.1) is 0 Å². The Morgan fingerprint density at radius 1 is 0.786 bits per heavy atom. The van der Waals surface area contributed by atoms with Gasteiger partial charge in [0.1, 0.15) is 5.69 Å². The zero-order chi connectivity index (χ0) is 10.2. The molecule has 0 aliphatic heterocycles. The van der Waals surface area contributed by atoms with Crippen LogP contribution in [-0.4, -0.2) is 21.1 Å². The van der Waals surface area contributed by atoms with Crippen molar-refractivity contribution in [2.45, 2.75) is 0 Å². The van der Waals surface area contributed by atoms with E-state index in [1.165, 1.54) is 16.5 Å². The van der Waals surface area contributed by atoms with Crippen LogP contribution >= 0.6 is 0 Å². The Hall–Kier alpha value is -1.34. The fourth-order valence-corrected chi connectivity index (χ4v) is 1.59. The maximum atomic E-state index is 2.26. The first-order valence-corrected chi connectivity index (χ1v) is 4.88. The van der Waals surface area contributed by atoms with Gasteiger partial charge in [-0.1, -0.05) is 24.3 Å². The van der Waals surface area contributed by atoms with E-state index >= 15 is 0 Å². The molecule has 0 radical (unpaired) electrons. The monoisotopic (exact) mass is 186 g/mol. The number of quaternary nitrogens is 1. The van der Waals surface area contributed by atoms with E-state index in [4.69, 9.17) is 0 Å². The van der Waals surface area contributed by atoms with Crippen molar-refractivity contribution < 1.29 is 0 Å². The molecule has 0 fully saturated rings. The third-order valence-electron chi connectivity index (χ3n) is 2.51. The summed E-state index contributed by atoms with van der Waals surface area (Å²) in [7, 11) is 6.55. The van der Waals surface area contributed by atoms with E-state index in [0.717, 1.165) is 4.48 Å². The highest BCUT2D eigenvalue weighted by Crippen LogP contribution is 2.23. The van der Waals surface area contributed by atoms with Gasteiger partial charge in [0.15, 0.2) is 0 Å². The van der Waals surface area contributed by atoms with Gasteiger partial charge in [0, 0.05) is 6.07 Å². The van der Waals surface area contributed by atoms with Crippen molar-refractivity contribution in [3.8, 4) is 0 Å². The number of hydrogen-bond acceptors (Lipinski definition) is 0. The smallest absolute Gasteiger partial charge is 0.132 e. The van der Waals surface area contributed by atoms with E-state index in [9.17, 15) is 0 Å². The minimum Gasteiger partial charge on any atom is -0.298 e. The lowest BCUT2D eigenvalue weighted by Gasteiger charge is -2.23. The summed E-state index contributed by atoms with van der Waals surface area (Å²) >= 11 is 0. The normalized spacial score (nSPS) is 11.9. The van der Waals surface area contributed by atoms with Crippen LogP contribution in [0.15, 0.2) is 42.5 Å². The van der Waals surface area contributed by atoms with Gasteiger partial charge in [-0.25, -0.2) is 0 Å². The van der Waals surface area contributed by atoms with E-state index < -0.39 is 0 Å². The Morgan fingerprint density at radius 2 is 1.43 bits per heavy atom. The maximum Gasteiger partial charge on any atom is 0.132 e. The van der Waals surface area contributed by atoms with Crippen LogP contribution in [0.3, 0.4) is 0 Å². The fourth-order valence-electron chi connectivity index (χ4n) is 1.59. The first-order chi connectivity index (χ1) is 6.57. The second kappa shape index (κ2) is 3.10. The second-order valence-corrected chi connectivity index (χ2v) is 4.54. The number of benzene rings is 2. The van der Waals surface area contributed by atoms with Crippen molar-refractivity contribution in [2.75, 3.05) is 21.1 Å². The number of nitrogens with zero attached hydrogens (tertiary/aromatic N) is 1. The van der Waals surface area contributed by atoms with Crippen molar-refractivity contribution in [2.24, 2.45) is 0 Å². The fraction of sp³-hybridized carbons (Fsp3) is 0.231. The first-order valence-electron chi connectivity index (χ1n) is 4.88. The maximum absolute atomic E-state index is 2.26. The molecule has 0 aromatic heterocycles. The summed E-state index contributed by atoms with van der Waals surface area (Å²) < 4.78 is 0.866. The van der Waals surface area contributed by atoms with Crippen molar-refractivity contribution in [3.05, 3.63) is 42.5 Å². The van der Waals surface area contributed by atoms with Crippen LogP contribution in [0.4, 0.5) is 5.69 Å². The number of fused-ring (bicyclic) bond motifs is 1. The molecule has 2 aromatic carbocycles. The van der Waals surface area contributed by atoms with Crippen molar-refractivity contribution >= 4 is 16.5 Å². The molecule has 0 saturated heterocycles. The molecule has 2 rings (SSSR count). The summed E-state index contributed by atoms with van der Waals surface area (Å²) in [6.45, 7) is 0. The summed E-state index contributed by atoms with van der Waals surface area (Å²) in [5, 5.41) is 2.63. The van der Waals surface area contributed by atoms with Gasteiger partial charge >= 0.3 is 0 Å². The van der Waals surface area contributed by atoms with E-state index in [1.807, 2.05) is 0 Å². The minimum atomic E-state index is 0.866. The molecular formula is C13H16N+. The molecule has 0 aliphatic carbocycles. The van der Waals surface area contributed by atoms with Gasteiger partial charge in [0.05, 0.1) is 21.1 Å². The molecule has 14 heavy (non-hydrogen) atoms. The largest absolute Gasteiger partial charge is 0.298 e. The van der Waals surface area contributed by atoms with Gasteiger partial charge < -0.3 is 0 Å². The van der Waals surface area contributed by atoms with Crippen LogP contribution in [0.5, 0.6) is 0 Å². The van der Waals surface area contributed by atoms with Crippen molar-refractivity contribution in [3.63, 3.8) is 0 Å². The molecule has 1 heteroatoms. The van der Waals surface area contributed by atoms with Crippen LogP contribution < -0.4 is 4.48 Å². The van der Waals surface area contributed by atoms with E-state index in [1.54, 1.807) is 0 Å². The number of rotatable bonds is 1. The summed E-state index contributed by atoms with van der Waals surface area (Å²) in [5.41, 5.74) is 1.34. The van der Waals surface area contributed by atoms with Crippen LogP contribution in [0, 0.1) is 0 Å². The van der Waals surface area contributed by atoms with Crippen LogP contribution in [0.1, 0.15) is 0 Å². The van der Waals surface area contributed by atoms with Crippen LogP contribution in [-0.2, 0) is 0 Å². The van der Waals surface area contributed by atoms with Gasteiger partial charge in [-0.3, -0.25) is 4.48 Å². The first kappa shape index (κ1) is 9.22. The van der Waals surface area contributed by atoms with Crippen molar-refractivity contribution in [1.29, 1.82) is 0 Å². The molecular weight excluding hydrogens is 170 g/mol. The standard InChI is InChI=1S/C13H16N/c1-14(2,3)13-9-8-11-6-4-5-7-12(11)10-13/h4-10H,1-3H3/q+1.